The van der Waals surface area contributed by atoms with Crippen LogP contribution in [-0.4, -0.2) is 26.4 Å². The zero-order chi connectivity index (χ0) is 14.1. The third-order valence-corrected chi connectivity index (χ3v) is 4.20. The van der Waals surface area contributed by atoms with Crippen LogP contribution in [0.5, 0.6) is 0 Å². The average molecular weight is 287 g/mol. The molecular formula is C11H17N3O4S. The Morgan fingerprint density at radius 1 is 1.37 bits per heavy atom. The number of sulfonamides is 1. The van der Waals surface area contributed by atoms with Gasteiger partial charge in [0.1, 0.15) is 0 Å². The fourth-order valence-electron chi connectivity index (χ4n) is 2.33. The molecule has 5 N–H and O–H groups in total. The normalized spacial score (nSPS) is 18.4. The first-order valence-electron chi connectivity index (χ1n) is 6.02. The van der Waals surface area contributed by atoms with Crippen molar-refractivity contribution in [1.29, 1.82) is 0 Å². The van der Waals surface area contributed by atoms with Crippen LogP contribution in [0.25, 0.3) is 0 Å². The summed E-state index contributed by atoms with van der Waals surface area (Å²) < 4.78 is 27.1. The number of rotatable bonds is 4. The molecule has 1 heterocycles. The molecule has 0 aromatic carbocycles. The summed E-state index contributed by atoms with van der Waals surface area (Å²) in [5.74, 6) is -0.550. The van der Waals surface area contributed by atoms with Gasteiger partial charge in [-0.15, -0.1) is 0 Å². The monoisotopic (exact) mass is 287 g/mol. The van der Waals surface area contributed by atoms with E-state index in [0.717, 1.165) is 31.7 Å². The minimum Gasteiger partial charge on any atom is -0.438 e. The zero-order valence-electron chi connectivity index (χ0n) is 10.4. The Hall–Kier alpha value is -1.38. The van der Waals surface area contributed by atoms with Gasteiger partial charge in [0.05, 0.1) is 5.54 Å². The number of hydrogen-bond acceptors (Lipinski definition) is 5. The highest BCUT2D eigenvalue weighted by molar-refractivity contribution is 7.89. The Labute approximate surface area is 111 Å². The summed E-state index contributed by atoms with van der Waals surface area (Å²) >= 11 is 0. The van der Waals surface area contributed by atoms with Crippen molar-refractivity contribution in [3.05, 3.63) is 17.9 Å². The molecular weight excluding hydrogens is 270 g/mol. The van der Waals surface area contributed by atoms with Gasteiger partial charge in [-0.25, -0.2) is 13.6 Å². The number of nitrogens with one attached hydrogen (secondary N) is 1. The molecule has 1 fully saturated rings. The molecule has 1 aliphatic carbocycles. The van der Waals surface area contributed by atoms with E-state index >= 15 is 0 Å². The Morgan fingerprint density at radius 2 is 2.00 bits per heavy atom. The number of furan rings is 1. The Morgan fingerprint density at radius 3 is 2.47 bits per heavy atom. The molecule has 0 radical (unpaired) electrons. The molecule has 0 unspecified atom stereocenters. The van der Waals surface area contributed by atoms with E-state index in [-0.39, 0.29) is 5.76 Å². The van der Waals surface area contributed by atoms with Crippen molar-refractivity contribution in [3.8, 4) is 0 Å². The van der Waals surface area contributed by atoms with Crippen LogP contribution < -0.4 is 16.2 Å². The molecule has 2 rings (SSSR count). The maximum Gasteiger partial charge on any atom is 0.287 e. The number of nitrogens with two attached hydrogens (primary N) is 2. The molecule has 0 saturated heterocycles. The van der Waals surface area contributed by atoms with Gasteiger partial charge in [-0.2, -0.15) is 0 Å². The number of carbonyl (C=O) groups is 1. The van der Waals surface area contributed by atoms with Gasteiger partial charge in [-0.05, 0) is 25.0 Å². The highest BCUT2D eigenvalue weighted by Gasteiger charge is 2.34. The average Bonchev–Trinajstić information content (AvgIpc) is 2.97. The summed E-state index contributed by atoms with van der Waals surface area (Å²) in [6, 6.07) is 2.45. The van der Waals surface area contributed by atoms with Crippen LogP contribution in [-0.2, 0) is 10.0 Å². The van der Waals surface area contributed by atoms with Crippen molar-refractivity contribution in [2.24, 2.45) is 10.9 Å². The molecule has 1 amide bonds. The molecule has 19 heavy (non-hydrogen) atoms. The second-order valence-electron chi connectivity index (χ2n) is 4.81. The summed E-state index contributed by atoms with van der Waals surface area (Å²) in [5, 5.41) is 7.32. The van der Waals surface area contributed by atoms with Crippen LogP contribution in [0.4, 0.5) is 0 Å². The highest BCUT2D eigenvalue weighted by atomic mass is 32.2. The van der Waals surface area contributed by atoms with Gasteiger partial charge in [0.15, 0.2) is 5.76 Å². The smallest absolute Gasteiger partial charge is 0.287 e. The Kier molecular flexibility index (Phi) is 3.66. The minimum atomic E-state index is -3.93. The van der Waals surface area contributed by atoms with Gasteiger partial charge in [-0.1, -0.05) is 12.8 Å². The first-order chi connectivity index (χ1) is 8.86. The molecule has 7 nitrogen and oxygen atoms in total. The highest BCUT2D eigenvalue weighted by Crippen LogP contribution is 2.29. The molecule has 0 spiro atoms. The second kappa shape index (κ2) is 4.95. The van der Waals surface area contributed by atoms with Crippen molar-refractivity contribution in [2.75, 3.05) is 6.54 Å². The van der Waals surface area contributed by atoms with Crippen molar-refractivity contribution >= 4 is 15.9 Å². The summed E-state index contributed by atoms with van der Waals surface area (Å²) in [4.78, 5) is 12.0. The standard InChI is InChI=1S/C11H17N3O4S/c12-7-11(5-1-2-6-11)14-10(15)8-3-4-9(18-8)19(13,16)17/h3-4H,1-2,5-7,12H2,(H,14,15)(H2,13,16,17). The van der Waals surface area contributed by atoms with E-state index in [9.17, 15) is 13.2 Å². The van der Waals surface area contributed by atoms with E-state index in [1.165, 1.54) is 6.07 Å². The predicted octanol–water partition coefficient (Wildman–Crippen LogP) is -0.0717. The Bertz CT molecular complexity index is 573. The van der Waals surface area contributed by atoms with Crippen LogP contribution in [0.15, 0.2) is 21.6 Å². The van der Waals surface area contributed by atoms with E-state index < -0.39 is 26.6 Å². The van der Waals surface area contributed by atoms with E-state index in [1.807, 2.05) is 0 Å². The van der Waals surface area contributed by atoms with E-state index in [4.69, 9.17) is 15.3 Å². The van der Waals surface area contributed by atoms with Crippen molar-refractivity contribution in [2.45, 2.75) is 36.3 Å². The summed E-state index contributed by atoms with van der Waals surface area (Å²) in [7, 11) is -3.93. The lowest BCUT2D eigenvalue weighted by molar-refractivity contribution is 0.0869. The molecule has 1 aromatic rings. The van der Waals surface area contributed by atoms with E-state index in [0.29, 0.717) is 6.54 Å². The largest absolute Gasteiger partial charge is 0.438 e. The molecule has 0 atom stereocenters. The topological polar surface area (TPSA) is 128 Å². The van der Waals surface area contributed by atoms with Crippen LogP contribution in [0.2, 0.25) is 0 Å². The maximum absolute atomic E-state index is 12.0. The number of primary sulfonamides is 1. The van der Waals surface area contributed by atoms with Gasteiger partial charge in [0.2, 0.25) is 5.09 Å². The second-order valence-corrected chi connectivity index (χ2v) is 6.30. The fourth-order valence-corrected chi connectivity index (χ4v) is 2.79. The lowest BCUT2D eigenvalue weighted by Crippen LogP contribution is -2.51. The number of hydrogen-bond donors (Lipinski definition) is 3. The van der Waals surface area contributed by atoms with Gasteiger partial charge in [-0.3, -0.25) is 4.79 Å². The minimum absolute atomic E-state index is 0.0799. The molecule has 106 valence electrons. The van der Waals surface area contributed by atoms with E-state index in [1.54, 1.807) is 0 Å². The zero-order valence-corrected chi connectivity index (χ0v) is 11.2. The van der Waals surface area contributed by atoms with Crippen LogP contribution in [0.1, 0.15) is 36.2 Å². The number of carbonyl (C=O) groups excluding carboxylic acids is 1. The molecule has 1 aliphatic rings. The van der Waals surface area contributed by atoms with Gasteiger partial charge >= 0.3 is 0 Å². The summed E-state index contributed by atoms with van der Waals surface area (Å²) in [6.45, 7) is 0.349. The molecule has 0 aliphatic heterocycles. The summed E-state index contributed by atoms with van der Waals surface area (Å²) in [6.07, 6.45) is 3.66. The molecule has 0 bridgehead atoms. The lowest BCUT2D eigenvalue weighted by Gasteiger charge is -2.28. The van der Waals surface area contributed by atoms with Crippen molar-refractivity contribution < 1.29 is 17.6 Å². The van der Waals surface area contributed by atoms with Gasteiger partial charge in [0.25, 0.3) is 15.9 Å². The molecule has 1 aromatic heterocycles. The van der Waals surface area contributed by atoms with Crippen LogP contribution in [0.3, 0.4) is 0 Å². The van der Waals surface area contributed by atoms with Crippen molar-refractivity contribution in [1.82, 2.24) is 5.32 Å². The Balaban J connectivity index is 2.14. The maximum atomic E-state index is 12.0. The predicted molar refractivity (Wildman–Crippen MR) is 67.8 cm³/mol. The summed E-state index contributed by atoms with van der Waals surface area (Å²) in [5.41, 5.74) is 5.30. The third kappa shape index (κ3) is 2.96. The van der Waals surface area contributed by atoms with Gasteiger partial charge < -0.3 is 15.5 Å². The first-order valence-corrected chi connectivity index (χ1v) is 7.56. The fraction of sp³-hybridized carbons (Fsp3) is 0.545. The molecule has 1 saturated carbocycles. The third-order valence-electron chi connectivity index (χ3n) is 3.42. The van der Waals surface area contributed by atoms with Crippen LogP contribution in [0, 0.1) is 0 Å². The van der Waals surface area contributed by atoms with Crippen molar-refractivity contribution in [3.63, 3.8) is 0 Å². The molecule has 8 heteroatoms. The van der Waals surface area contributed by atoms with E-state index in [2.05, 4.69) is 5.32 Å². The van der Waals surface area contributed by atoms with Gasteiger partial charge in [0, 0.05) is 6.54 Å². The quantitative estimate of drug-likeness (QED) is 0.714. The number of amides is 1. The first kappa shape index (κ1) is 14.0. The lowest BCUT2D eigenvalue weighted by atomic mass is 9.98. The van der Waals surface area contributed by atoms with Crippen LogP contribution >= 0.6 is 0 Å². The SMILES string of the molecule is NCC1(NC(=O)c2ccc(S(N)(=O)=O)o2)CCCC1.